The number of nitrogens with one attached hydrogen (secondary N) is 1. The molecule has 1 aromatic carbocycles. The molecular formula is C13H17F2NO3. The molecule has 6 heteroatoms. The van der Waals surface area contributed by atoms with Crippen LogP contribution in [0, 0.1) is 11.6 Å². The Morgan fingerprint density at radius 3 is 2.63 bits per heavy atom. The Hall–Kier alpha value is -1.69. The lowest BCUT2D eigenvalue weighted by molar-refractivity contribution is 0.0594. The number of aliphatic hydroxyl groups excluding tert-OH is 1. The summed E-state index contributed by atoms with van der Waals surface area (Å²) in [5.41, 5.74) is -0.417. The second-order valence-electron chi connectivity index (χ2n) is 3.99. The van der Waals surface area contributed by atoms with Crippen molar-refractivity contribution in [3.8, 4) is 0 Å². The molecule has 0 spiro atoms. The molecule has 0 atom stereocenters. The summed E-state index contributed by atoms with van der Waals surface area (Å²) in [6.45, 7) is 0.588. The molecule has 0 saturated carbocycles. The number of methoxy groups -OCH3 is 1. The number of rotatable bonds is 7. The van der Waals surface area contributed by atoms with Gasteiger partial charge >= 0.3 is 5.97 Å². The molecule has 0 aliphatic rings. The molecule has 0 amide bonds. The van der Waals surface area contributed by atoms with Gasteiger partial charge in [0.15, 0.2) is 11.6 Å². The first-order valence-corrected chi connectivity index (χ1v) is 6.02. The van der Waals surface area contributed by atoms with Crippen LogP contribution in [0.15, 0.2) is 12.1 Å². The molecule has 1 rings (SSSR count). The fourth-order valence-corrected chi connectivity index (χ4v) is 1.59. The van der Waals surface area contributed by atoms with Crippen LogP contribution in [0.2, 0.25) is 0 Å². The van der Waals surface area contributed by atoms with Crippen molar-refractivity contribution in [2.45, 2.75) is 19.3 Å². The number of anilines is 1. The number of unbranched alkanes of at least 4 members (excludes halogenated alkanes) is 2. The summed E-state index contributed by atoms with van der Waals surface area (Å²) in [5, 5.41) is 11.3. The number of halogens is 2. The van der Waals surface area contributed by atoms with Gasteiger partial charge in [0.05, 0.1) is 18.4 Å². The molecule has 4 nitrogen and oxygen atoms in total. The van der Waals surface area contributed by atoms with Crippen LogP contribution in [-0.2, 0) is 4.74 Å². The van der Waals surface area contributed by atoms with Gasteiger partial charge in [-0.15, -0.1) is 0 Å². The average Bonchev–Trinajstić information content (AvgIpc) is 2.42. The van der Waals surface area contributed by atoms with Gasteiger partial charge in [0.25, 0.3) is 0 Å². The highest BCUT2D eigenvalue weighted by molar-refractivity contribution is 5.90. The van der Waals surface area contributed by atoms with Crippen molar-refractivity contribution in [2.24, 2.45) is 0 Å². The number of carbonyl (C=O) groups excluding carboxylic acids is 1. The molecule has 19 heavy (non-hydrogen) atoms. The molecule has 0 heterocycles. The smallest absolute Gasteiger partial charge is 0.340 e. The highest BCUT2D eigenvalue weighted by Gasteiger charge is 2.18. The first-order chi connectivity index (χ1) is 9.11. The van der Waals surface area contributed by atoms with E-state index in [1.807, 2.05) is 0 Å². The zero-order valence-electron chi connectivity index (χ0n) is 10.7. The fraction of sp³-hybridized carbons (Fsp3) is 0.462. The van der Waals surface area contributed by atoms with Crippen LogP contribution in [0.3, 0.4) is 0 Å². The minimum Gasteiger partial charge on any atom is -0.465 e. The van der Waals surface area contributed by atoms with Crippen molar-refractivity contribution >= 4 is 11.7 Å². The summed E-state index contributed by atoms with van der Waals surface area (Å²) in [6, 6.07) is 2.48. The monoisotopic (exact) mass is 273 g/mol. The normalized spacial score (nSPS) is 10.3. The van der Waals surface area contributed by atoms with Gasteiger partial charge in [-0.1, -0.05) is 0 Å². The number of hydrogen-bond donors (Lipinski definition) is 2. The van der Waals surface area contributed by atoms with Crippen LogP contribution in [0.1, 0.15) is 29.6 Å². The Morgan fingerprint density at radius 2 is 2.00 bits per heavy atom. The van der Waals surface area contributed by atoms with Gasteiger partial charge < -0.3 is 15.2 Å². The lowest BCUT2D eigenvalue weighted by Crippen LogP contribution is -2.10. The largest absolute Gasteiger partial charge is 0.465 e. The highest BCUT2D eigenvalue weighted by atomic mass is 19.2. The van der Waals surface area contributed by atoms with Gasteiger partial charge in [0.2, 0.25) is 0 Å². The fourth-order valence-electron chi connectivity index (χ4n) is 1.59. The first-order valence-electron chi connectivity index (χ1n) is 6.02. The summed E-state index contributed by atoms with van der Waals surface area (Å²) >= 11 is 0. The second-order valence-corrected chi connectivity index (χ2v) is 3.99. The van der Waals surface area contributed by atoms with Gasteiger partial charge in [0, 0.05) is 13.2 Å². The van der Waals surface area contributed by atoms with Crippen LogP contribution >= 0.6 is 0 Å². The molecular weight excluding hydrogens is 256 g/mol. The van der Waals surface area contributed by atoms with Crippen LogP contribution in [0.4, 0.5) is 14.5 Å². The van der Waals surface area contributed by atoms with Gasteiger partial charge in [-0.3, -0.25) is 0 Å². The maximum atomic E-state index is 13.6. The Kier molecular flexibility index (Phi) is 6.21. The third-order valence-corrected chi connectivity index (χ3v) is 2.64. The van der Waals surface area contributed by atoms with Crippen molar-refractivity contribution in [3.63, 3.8) is 0 Å². The van der Waals surface area contributed by atoms with Crippen LogP contribution in [0.5, 0.6) is 0 Å². The van der Waals surface area contributed by atoms with Crippen molar-refractivity contribution in [1.82, 2.24) is 0 Å². The second kappa shape index (κ2) is 7.68. The number of ether oxygens (including phenoxy) is 1. The molecule has 0 saturated heterocycles. The third-order valence-electron chi connectivity index (χ3n) is 2.64. The van der Waals surface area contributed by atoms with E-state index in [1.54, 1.807) is 0 Å². The van der Waals surface area contributed by atoms with E-state index in [0.29, 0.717) is 13.0 Å². The SMILES string of the molecule is COC(=O)c1ccc(NCCCCCO)c(F)c1F. The van der Waals surface area contributed by atoms with Crippen molar-refractivity contribution in [3.05, 3.63) is 29.3 Å². The van der Waals surface area contributed by atoms with Crippen LogP contribution < -0.4 is 5.32 Å². The van der Waals surface area contributed by atoms with E-state index in [2.05, 4.69) is 10.1 Å². The molecule has 0 bridgehead atoms. The first kappa shape index (κ1) is 15.4. The van der Waals surface area contributed by atoms with Crippen molar-refractivity contribution in [1.29, 1.82) is 0 Å². The summed E-state index contributed by atoms with van der Waals surface area (Å²) < 4.78 is 31.6. The summed E-state index contributed by atoms with van der Waals surface area (Å²) in [7, 11) is 1.10. The highest BCUT2D eigenvalue weighted by Crippen LogP contribution is 2.21. The maximum Gasteiger partial charge on any atom is 0.340 e. The van der Waals surface area contributed by atoms with E-state index in [0.717, 1.165) is 20.0 Å². The molecule has 2 N–H and O–H groups in total. The molecule has 0 aliphatic heterocycles. The van der Waals surface area contributed by atoms with Gasteiger partial charge in [-0.2, -0.15) is 0 Å². The number of hydrogen-bond acceptors (Lipinski definition) is 4. The quantitative estimate of drug-likeness (QED) is 0.591. The molecule has 0 fully saturated rings. The molecule has 0 aromatic heterocycles. The van der Waals surface area contributed by atoms with Crippen LogP contribution in [0.25, 0.3) is 0 Å². The van der Waals surface area contributed by atoms with E-state index in [9.17, 15) is 13.6 Å². The number of aliphatic hydroxyl groups is 1. The standard InChI is InChI=1S/C13H17F2NO3/c1-19-13(18)9-5-6-10(12(15)11(9)14)16-7-3-2-4-8-17/h5-6,16-17H,2-4,7-8H2,1H3. The van der Waals surface area contributed by atoms with Gasteiger partial charge in [-0.25, -0.2) is 13.6 Å². The topological polar surface area (TPSA) is 58.6 Å². The van der Waals surface area contributed by atoms with E-state index in [4.69, 9.17) is 5.11 Å². The van der Waals surface area contributed by atoms with Gasteiger partial charge in [0.1, 0.15) is 0 Å². The molecule has 0 unspecified atom stereocenters. The summed E-state index contributed by atoms with van der Waals surface area (Å²) in [6.07, 6.45) is 2.22. The predicted octanol–water partition coefficient (Wildman–Crippen LogP) is 2.33. The number of benzene rings is 1. The number of carbonyl (C=O) groups is 1. The minimum absolute atomic E-state index is 0.00847. The minimum atomic E-state index is -1.22. The van der Waals surface area contributed by atoms with Crippen molar-refractivity contribution in [2.75, 3.05) is 25.6 Å². The Balaban J connectivity index is 2.66. The zero-order valence-corrected chi connectivity index (χ0v) is 10.7. The summed E-state index contributed by atoms with van der Waals surface area (Å²) in [5.74, 6) is -3.22. The van der Waals surface area contributed by atoms with Crippen molar-refractivity contribution < 1.29 is 23.4 Å². The van der Waals surface area contributed by atoms with Crippen LogP contribution in [-0.4, -0.2) is 31.3 Å². The molecule has 1 aromatic rings. The maximum absolute atomic E-state index is 13.6. The Morgan fingerprint density at radius 1 is 1.26 bits per heavy atom. The Labute approximate surface area is 110 Å². The summed E-state index contributed by atoms with van der Waals surface area (Å²) in [4.78, 5) is 11.2. The average molecular weight is 273 g/mol. The van der Waals surface area contributed by atoms with E-state index >= 15 is 0 Å². The Bertz CT molecular complexity index is 438. The van der Waals surface area contributed by atoms with Gasteiger partial charge in [-0.05, 0) is 31.4 Å². The molecule has 0 radical (unpaired) electrons. The predicted molar refractivity (Wildman–Crippen MR) is 67.1 cm³/mol. The third kappa shape index (κ3) is 4.17. The van der Waals surface area contributed by atoms with E-state index in [-0.39, 0.29) is 12.3 Å². The van der Waals surface area contributed by atoms with E-state index < -0.39 is 23.2 Å². The zero-order chi connectivity index (χ0) is 14.3. The molecule has 106 valence electrons. The lowest BCUT2D eigenvalue weighted by atomic mass is 10.1. The lowest BCUT2D eigenvalue weighted by Gasteiger charge is -2.09. The van der Waals surface area contributed by atoms with E-state index in [1.165, 1.54) is 12.1 Å². The molecule has 0 aliphatic carbocycles. The number of esters is 1.